The summed E-state index contributed by atoms with van der Waals surface area (Å²) in [6.07, 6.45) is 2.51. The van der Waals surface area contributed by atoms with E-state index >= 15 is 0 Å². The van der Waals surface area contributed by atoms with Gasteiger partial charge in [-0.3, -0.25) is 0 Å². The average molecular weight is 164 g/mol. The first-order chi connectivity index (χ1) is 5.36. The summed E-state index contributed by atoms with van der Waals surface area (Å²) in [5.41, 5.74) is 1.48. The Morgan fingerprint density at radius 2 is 1.73 bits per heavy atom. The highest BCUT2D eigenvalue weighted by atomic mass is 32.1. The van der Waals surface area contributed by atoms with Crippen LogP contribution >= 0.6 is 12.6 Å². The molecule has 0 heterocycles. The summed E-state index contributed by atoms with van der Waals surface area (Å²) < 4.78 is 0. The molecule has 1 saturated carbocycles. The first kappa shape index (κ1) is 7.23. The molecule has 0 saturated heterocycles. The van der Waals surface area contributed by atoms with E-state index in [9.17, 15) is 0 Å². The van der Waals surface area contributed by atoms with Gasteiger partial charge in [0.15, 0.2) is 0 Å². The van der Waals surface area contributed by atoms with Crippen LogP contribution in [0.2, 0.25) is 0 Å². The summed E-state index contributed by atoms with van der Waals surface area (Å²) in [4.78, 5) is 0. The average Bonchev–Trinajstić information content (AvgIpc) is 2.01. The summed E-state index contributed by atoms with van der Waals surface area (Å²) in [6.45, 7) is 0. The standard InChI is InChI=1S/C10H12S/c11-10-6-9(7-10)8-4-2-1-3-5-8/h1-5,9-11H,6-7H2. The highest BCUT2D eigenvalue weighted by molar-refractivity contribution is 7.81. The van der Waals surface area contributed by atoms with E-state index in [0.717, 1.165) is 5.92 Å². The zero-order valence-corrected chi connectivity index (χ0v) is 7.30. The lowest BCUT2D eigenvalue weighted by Crippen LogP contribution is -2.21. The Bertz CT molecular complexity index is 224. The molecule has 0 aliphatic heterocycles. The number of hydrogen-bond donors (Lipinski definition) is 1. The number of rotatable bonds is 1. The van der Waals surface area contributed by atoms with E-state index in [1.165, 1.54) is 18.4 Å². The molecule has 0 atom stereocenters. The van der Waals surface area contributed by atoms with E-state index in [1.54, 1.807) is 0 Å². The molecule has 0 radical (unpaired) electrons. The lowest BCUT2D eigenvalue weighted by molar-refractivity contribution is 0.437. The second kappa shape index (κ2) is 2.90. The molecule has 0 bridgehead atoms. The molecule has 1 aromatic carbocycles. The predicted molar refractivity (Wildman–Crippen MR) is 51.2 cm³/mol. The number of hydrogen-bond acceptors (Lipinski definition) is 1. The van der Waals surface area contributed by atoms with Crippen molar-refractivity contribution in [2.24, 2.45) is 0 Å². The monoisotopic (exact) mass is 164 g/mol. The van der Waals surface area contributed by atoms with Crippen LogP contribution < -0.4 is 0 Å². The highest BCUT2D eigenvalue weighted by Gasteiger charge is 2.26. The van der Waals surface area contributed by atoms with E-state index in [0.29, 0.717) is 5.25 Å². The van der Waals surface area contributed by atoms with Gasteiger partial charge >= 0.3 is 0 Å². The van der Waals surface area contributed by atoms with Gasteiger partial charge in [-0.2, -0.15) is 12.6 Å². The summed E-state index contributed by atoms with van der Waals surface area (Å²) in [5, 5.41) is 0.653. The molecule has 0 aromatic heterocycles. The quantitative estimate of drug-likeness (QED) is 0.606. The third-order valence-corrected chi connectivity index (χ3v) is 2.81. The SMILES string of the molecule is SC1CC(c2ccccc2)C1. The molecule has 1 fully saturated rings. The molecule has 11 heavy (non-hydrogen) atoms. The molecule has 58 valence electrons. The lowest BCUT2D eigenvalue weighted by atomic mass is 9.79. The van der Waals surface area contributed by atoms with Crippen molar-refractivity contribution < 1.29 is 0 Å². The van der Waals surface area contributed by atoms with Crippen LogP contribution in [0.5, 0.6) is 0 Å². The Morgan fingerprint density at radius 1 is 1.09 bits per heavy atom. The van der Waals surface area contributed by atoms with Crippen LogP contribution in [0.3, 0.4) is 0 Å². The Labute approximate surface area is 73.0 Å². The minimum Gasteiger partial charge on any atom is -0.176 e. The smallest absolute Gasteiger partial charge is 0.00284 e. The molecule has 0 N–H and O–H groups in total. The highest BCUT2D eigenvalue weighted by Crippen LogP contribution is 2.39. The van der Waals surface area contributed by atoms with Gasteiger partial charge in [0.1, 0.15) is 0 Å². The maximum Gasteiger partial charge on any atom is 0.00284 e. The van der Waals surface area contributed by atoms with Crippen molar-refractivity contribution in [1.29, 1.82) is 0 Å². The van der Waals surface area contributed by atoms with E-state index < -0.39 is 0 Å². The maximum absolute atomic E-state index is 4.39. The summed E-state index contributed by atoms with van der Waals surface area (Å²) >= 11 is 4.39. The molecular formula is C10H12S. The number of thiol groups is 1. The van der Waals surface area contributed by atoms with Gasteiger partial charge in [-0.05, 0) is 24.3 Å². The molecule has 1 aliphatic rings. The summed E-state index contributed by atoms with van der Waals surface area (Å²) in [6, 6.07) is 10.7. The third kappa shape index (κ3) is 1.43. The van der Waals surface area contributed by atoms with Crippen LogP contribution in [0.15, 0.2) is 30.3 Å². The molecule has 0 spiro atoms. The van der Waals surface area contributed by atoms with Crippen LogP contribution in [0, 0.1) is 0 Å². The normalized spacial score (nSPS) is 29.5. The zero-order chi connectivity index (χ0) is 7.68. The van der Waals surface area contributed by atoms with Crippen molar-refractivity contribution in [3.05, 3.63) is 35.9 Å². The van der Waals surface area contributed by atoms with Crippen molar-refractivity contribution in [2.75, 3.05) is 0 Å². The number of benzene rings is 1. The molecule has 1 aliphatic carbocycles. The van der Waals surface area contributed by atoms with Gasteiger partial charge in [0.2, 0.25) is 0 Å². The van der Waals surface area contributed by atoms with E-state index in [-0.39, 0.29) is 0 Å². The van der Waals surface area contributed by atoms with Crippen molar-refractivity contribution in [2.45, 2.75) is 24.0 Å². The van der Waals surface area contributed by atoms with Crippen LogP contribution in [0.25, 0.3) is 0 Å². The summed E-state index contributed by atoms with van der Waals surface area (Å²) in [5.74, 6) is 0.790. The van der Waals surface area contributed by atoms with Crippen LogP contribution in [-0.2, 0) is 0 Å². The van der Waals surface area contributed by atoms with Gasteiger partial charge in [-0.25, -0.2) is 0 Å². The Hall–Kier alpha value is -0.430. The van der Waals surface area contributed by atoms with E-state index in [4.69, 9.17) is 0 Å². The van der Waals surface area contributed by atoms with Crippen molar-refractivity contribution >= 4 is 12.6 Å². The fraction of sp³-hybridized carbons (Fsp3) is 0.400. The van der Waals surface area contributed by atoms with E-state index in [1.807, 2.05) is 0 Å². The predicted octanol–water partition coefficient (Wildman–Crippen LogP) is 2.86. The Morgan fingerprint density at radius 3 is 2.27 bits per heavy atom. The molecule has 0 amide bonds. The Kier molecular flexibility index (Phi) is 1.91. The van der Waals surface area contributed by atoms with Crippen LogP contribution in [-0.4, -0.2) is 5.25 Å². The van der Waals surface area contributed by atoms with Crippen molar-refractivity contribution in [3.63, 3.8) is 0 Å². The largest absolute Gasteiger partial charge is 0.176 e. The van der Waals surface area contributed by atoms with E-state index in [2.05, 4.69) is 43.0 Å². The molecule has 1 heteroatoms. The molecular weight excluding hydrogens is 152 g/mol. The van der Waals surface area contributed by atoms with Crippen molar-refractivity contribution in [1.82, 2.24) is 0 Å². The summed E-state index contributed by atoms with van der Waals surface area (Å²) in [7, 11) is 0. The lowest BCUT2D eigenvalue weighted by Gasteiger charge is -2.32. The molecule has 0 unspecified atom stereocenters. The van der Waals surface area contributed by atoms with Gasteiger partial charge < -0.3 is 0 Å². The molecule has 1 aromatic rings. The van der Waals surface area contributed by atoms with Crippen LogP contribution in [0.1, 0.15) is 24.3 Å². The second-order valence-corrected chi connectivity index (χ2v) is 3.96. The van der Waals surface area contributed by atoms with Gasteiger partial charge in [-0.15, -0.1) is 0 Å². The van der Waals surface area contributed by atoms with Gasteiger partial charge in [0.05, 0.1) is 0 Å². The topological polar surface area (TPSA) is 0 Å². The maximum atomic E-state index is 4.39. The zero-order valence-electron chi connectivity index (χ0n) is 6.40. The fourth-order valence-electron chi connectivity index (χ4n) is 1.59. The molecule has 2 rings (SSSR count). The first-order valence-corrected chi connectivity index (χ1v) is 4.61. The van der Waals surface area contributed by atoms with Gasteiger partial charge in [-0.1, -0.05) is 30.3 Å². The third-order valence-electron chi connectivity index (χ3n) is 2.38. The van der Waals surface area contributed by atoms with Gasteiger partial charge in [0, 0.05) is 5.25 Å². The van der Waals surface area contributed by atoms with Crippen molar-refractivity contribution in [3.8, 4) is 0 Å². The van der Waals surface area contributed by atoms with Gasteiger partial charge in [0.25, 0.3) is 0 Å². The fourth-order valence-corrected chi connectivity index (χ4v) is 2.09. The molecule has 0 nitrogen and oxygen atoms in total. The minimum absolute atomic E-state index is 0.653. The van der Waals surface area contributed by atoms with Crippen LogP contribution in [0.4, 0.5) is 0 Å². The second-order valence-electron chi connectivity index (χ2n) is 3.23. The first-order valence-electron chi connectivity index (χ1n) is 4.09. The minimum atomic E-state index is 0.653. The Balaban J connectivity index is 2.08.